The predicted octanol–water partition coefficient (Wildman–Crippen LogP) is 3.10. The Balaban J connectivity index is 1.94. The maximum Gasteiger partial charge on any atom is 0.185 e. The lowest BCUT2D eigenvalue weighted by Crippen LogP contribution is -2.45. The van der Waals surface area contributed by atoms with E-state index in [2.05, 4.69) is 41.4 Å². The highest BCUT2D eigenvalue weighted by molar-refractivity contribution is 7.80. The lowest BCUT2D eigenvalue weighted by molar-refractivity contribution is 0.376. The molecule has 1 atom stereocenters. The van der Waals surface area contributed by atoms with Crippen LogP contribution in [-0.4, -0.2) is 16.7 Å². The number of nitrogens with two attached hydrogens (primary N) is 1. The third-order valence-corrected chi connectivity index (χ3v) is 3.82. The first-order valence-corrected chi connectivity index (χ1v) is 7.14. The predicted molar refractivity (Wildman–Crippen MR) is 86.2 cm³/mol. The highest BCUT2D eigenvalue weighted by Crippen LogP contribution is 2.34. The Labute approximate surface area is 124 Å². The van der Waals surface area contributed by atoms with Crippen LogP contribution in [0.15, 0.2) is 60.7 Å². The van der Waals surface area contributed by atoms with Crippen LogP contribution >= 0.6 is 12.2 Å². The van der Waals surface area contributed by atoms with Crippen molar-refractivity contribution in [2.24, 2.45) is 5.73 Å². The SMILES string of the molecule is NC(=S)N1[C@@H](c2ccccc2)CCN1c1ccccc1. The molecule has 1 aliphatic rings. The molecule has 0 unspecified atom stereocenters. The highest BCUT2D eigenvalue weighted by atomic mass is 32.1. The molecule has 20 heavy (non-hydrogen) atoms. The van der Waals surface area contributed by atoms with Crippen LogP contribution in [-0.2, 0) is 0 Å². The zero-order valence-electron chi connectivity index (χ0n) is 11.1. The van der Waals surface area contributed by atoms with Crippen molar-refractivity contribution in [2.75, 3.05) is 11.6 Å². The van der Waals surface area contributed by atoms with E-state index in [0.717, 1.165) is 18.7 Å². The number of thiocarbonyl (C=S) groups is 1. The minimum absolute atomic E-state index is 0.217. The van der Waals surface area contributed by atoms with Gasteiger partial charge >= 0.3 is 0 Å². The molecule has 0 saturated carbocycles. The van der Waals surface area contributed by atoms with Crippen molar-refractivity contribution in [1.82, 2.24) is 5.01 Å². The van der Waals surface area contributed by atoms with E-state index in [1.807, 2.05) is 29.3 Å². The second-order valence-corrected chi connectivity index (χ2v) is 5.27. The summed E-state index contributed by atoms with van der Waals surface area (Å²) < 4.78 is 0. The molecule has 2 aromatic carbocycles. The monoisotopic (exact) mass is 283 g/mol. The maximum absolute atomic E-state index is 5.97. The smallest absolute Gasteiger partial charge is 0.185 e. The van der Waals surface area contributed by atoms with Crippen LogP contribution < -0.4 is 10.7 Å². The van der Waals surface area contributed by atoms with E-state index in [1.165, 1.54) is 5.56 Å². The number of hydrogen-bond acceptors (Lipinski definition) is 2. The molecule has 1 fully saturated rings. The summed E-state index contributed by atoms with van der Waals surface area (Å²) in [6.07, 6.45) is 1.01. The van der Waals surface area contributed by atoms with Gasteiger partial charge in [0, 0.05) is 6.54 Å². The Morgan fingerprint density at radius 3 is 2.20 bits per heavy atom. The molecule has 0 spiro atoms. The van der Waals surface area contributed by atoms with Gasteiger partial charge < -0.3 is 5.73 Å². The van der Waals surface area contributed by atoms with Crippen LogP contribution in [0.2, 0.25) is 0 Å². The molecule has 1 aliphatic heterocycles. The van der Waals surface area contributed by atoms with Crippen molar-refractivity contribution in [3.63, 3.8) is 0 Å². The lowest BCUT2D eigenvalue weighted by atomic mass is 10.1. The van der Waals surface area contributed by atoms with Crippen molar-refractivity contribution in [3.8, 4) is 0 Å². The highest BCUT2D eigenvalue weighted by Gasteiger charge is 2.33. The minimum atomic E-state index is 0.217. The Morgan fingerprint density at radius 1 is 1.00 bits per heavy atom. The Bertz CT molecular complexity index is 538. The van der Waals surface area contributed by atoms with E-state index in [9.17, 15) is 0 Å². The van der Waals surface area contributed by atoms with Crippen molar-refractivity contribution in [1.29, 1.82) is 0 Å². The molecule has 4 heteroatoms. The molecule has 3 rings (SSSR count). The van der Waals surface area contributed by atoms with Crippen molar-refractivity contribution < 1.29 is 0 Å². The Morgan fingerprint density at radius 2 is 1.60 bits per heavy atom. The number of hydrazine groups is 1. The fraction of sp³-hybridized carbons (Fsp3) is 0.188. The second kappa shape index (κ2) is 5.51. The standard InChI is InChI=1S/C16H17N3S/c17-16(20)19-15(13-7-3-1-4-8-13)11-12-18(19)14-9-5-2-6-10-14/h1-10,15H,11-12H2,(H2,17,20)/t15-/m1/s1. The first-order chi connectivity index (χ1) is 9.77. The van der Waals surface area contributed by atoms with Gasteiger partial charge in [0.2, 0.25) is 0 Å². The van der Waals surface area contributed by atoms with E-state index in [4.69, 9.17) is 18.0 Å². The molecule has 0 amide bonds. The number of hydrogen-bond donors (Lipinski definition) is 1. The molecule has 0 bridgehead atoms. The Hall–Kier alpha value is -2.07. The molecule has 1 heterocycles. The van der Waals surface area contributed by atoms with E-state index in [0.29, 0.717) is 5.11 Å². The summed E-state index contributed by atoms with van der Waals surface area (Å²) in [5, 5.41) is 4.61. The number of rotatable bonds is 2. The van der Waals surface area contributed by atoms with E-state index < -0.39 is 0 Å². The van der Waals surface area contributed by atoms with Gasteiger partial charge in [0.25, 0.3) is 0 Å². The van der Waals surface area contributed by atoms with E-state index in [1.54, 1.807) is 0 Å². The summed E-state index contributed by atoms with van der Waals surface area (Å²) in [6, 6.07) is 20.8. The summed E-state index contributed by atoms with van der Waals surface area (Å²) in [5.74, 6) is 0. The summed E-state index contributed by atoms with van der Waals surface area (Å²) in [7, 11) is 0. The fourth-order valence-electron chi connectivity index (χ4n) is 2.75. The van der Waals surface area contributed by atoms with Gasteiger partial charge in [-0.15, -0.1) is 0 Å². The van der Waals surface area contributed by atoms with Gasteiger partial charge in [-0.3, -0.25) is 10.0 Å². The average molecular weight is 283 g/mol. The largest absolute Gasteiger partial charge is 0.375 e. The number of nitrogens with zero attached hydrogens (tertiary/aromatic N) is 2. The number of anilines is 1. The van der Waals surface area contributed by atoms with Gasteiger partial charge in [-0.25, -0.2) is 0 Å². The van der Waals surface area contributed by atoms with Gasteiger partial charge in [0.1, 0.15) is 0 Å². The van der Waals surface area contributed by atoms with Crippen LogP contribution in [0.1, 0.15) is 18.0 Å². The number of benzene rings is 2. The normalized spacial score (nSPS) is 18.3. The maximum atomic E-state index is 5.97. The third-order valence-electron chi connectivity index (χ3n) is 3.63. The zero-order chi connectivity index (χ0) is 13.9. The molecule has 2 N–H and O–H groups in total. The van der Waals surface area contributed by atoms with Gasteiger partial charge in [0.05, 0.1) is 11.7 Å². The second-order valence-electron chi connectivity index (χ2n) is 4.86. The summed E-state index contributed by atoms with van der Waals surface area (Å²) in [5.41, 5.74) is 8.34. The average Bonchev–Trinajstić information content (AvgIpc) is 2.94. The van der Waals surface area contributed by atoms with Crippen LogP contribution in [0.4, 0.5) is 5.69 Å². The van der Waals surface area contributed by atoms with Gasteiger partial charge in [-0.2, -0.15) is 0 Å². The number of para-hydroxylation sites is 1. The zero-order valence-corrected chi connectivity index (χ0v) is 12.0. The topological polar surface area (TPSA) is 32.5 Å². The molecule has 0 radical (unpaired) electrons. The Kier molecular flexibility index (Phi) is 3.56. The molecular formula is C16H17N3S. The summed E-state index contributed by atoms with van der Waals surface area (Å²) in [6.45, 7) is 0.918. The van der Waals surface area contributed by atoms with Gasteiger partial charge in [-0.1, -0.05) is 48.5 Å². The molecular weight excluding hydrogens is 266 g/mol. The van der Waals surface area contributed by atoms with Crippen LogP contribution in [0, 0.1) is 0 Å². The first kappa shape index (κ1) is 12.9. The van der Waals surface area contributed by atoms with E-state index >= 15 is 0 Å². The van der Waals surface area contributed by atoms with Crippen LogP contribution in [0.25, 0.3) is 0 Å². The molecule has 3 nitrogen and oxygen atoms in total. The molecule has 102 valence electrons. The summed E-state index contributed by atoms with van der Waals surface area (Å²) >= 11 is 5.27. The fourth-order valence-corrected chi connectivity index (χ4v) is 2.98. The summed E-state index contributed by atoms with van der Waals surface area (Å²) in [4.78, 5) is 0. The molecule has 2 aromatic rings. The van der Waals surface area contributed by atoms with Crippen molar-refractivity contribution >= 4 is 23.0 Å². The first-order valence-electron chi connectivity index (χ1n) is 6.73. The molecule has 0 aliphatic carbocycles. The van der Waals surface area contributed by atoms with Gasteiger partial charge in [0.15, 0.2) is 5.11 Å². The van der Waals surface area contributed by atoms with Crippen LogP contribution in [0.3, 0.4) is 0 Å². The lowest BCUT2D eigenvalue weighted by Gasteiger charge is -2.34. The van der Waals surface area contributed by atoms with Crippen LogP contribution in [0.5, 0.6) is 0 Å². The van der Waals surface area contributed by atoms with Crippen molar-refractivity contribution in [2.45, 2.75) is 12.5 Å². The van der Waals surface area contributed by atoms with Crippen molar-refractivity contribution in [3.05, 3.63) is 66.2 Å². The third kappa shape index (κ3) is 2.34. The van der Waals surface area contributed by atoms with Gasteiger partial charge in [-0.05, 0) is 36.3 Å². The molecule has 0 aromatic heterocycles. The molecule has 1 saturated heterocycles. The quantitative estimate of drug-likeness (QED) is 0.859. The minimum Gasteiger partial charge on any atom is -0.375 e. The van der Waals surface area contributed by atoms with E-state index in [-0.39, 0.29) is 6.04 Å².